The van der Waals surface area contributed by atoms with E-state index in [1.807, 2.05) is 0 Å². The molecule has 0 atom stereocenters. The Labute approximate surface area is 485 Å². The molecule has 0 radical (unpaired) electrons. The molecule has 0 bridgehead atoms. The second-order valence-electron chi connectivity index (χ2n) is 17.4. The summed E-state index contributed by atoms with van der Waals surface area (Å²) >= 11 is 0. The molecule has 0 saturated carbocycles. The summed E-state index contributed by atoms with van der Waals surface area (Å²) in [6, 6.07) is 46.2. The van der Waals surface area contributed by atoms with Crippen molar-refractivity contribution in [3.63, 3.8) is 0 Å². The minimum absolute atomic E-state index is 0. The summed E-state index contributed by atoms with van der Waals surface area (Å²) in [6.45, 7) is 0. The Morgan fingerprint density at radius 1 is 0.257 bits per heavy atom. The van der Waals surface area contributed by atoms with Crippen LogP contribution in [0.5, 0.6) is 0 Å². The summed E-state index contributed by atoms with van der Waals surface area (Å²) in [5.41, 5.74) is 7.06. The van der Waals surface area contributed by atoms with E-state index in [1.165, 1.54) is 69.0 Å². The van der Waals surface area contributed by atoms with Crippen molar-refractivity contribution in [1.29, 1.82) is 0 Å². The van der Waals surface area contributed by atoms with Crippen molar-refractivity contribution in [2.45, 2.75) is 130 Å². The molecule has 0 saturated heterocycles. The largest absolute Gasteiger partial charge is 1.00 e. The molecule has 0 aliphatic rings. The van der Waals surface area contributed by atoms with E-state index in [2.05, 4.69) is 72.8 Å². The van der Waals surface area contributed by atoms with Gasteiger partial charge in [0.2, 0.25) is 0 Å². The van der Waals surface area contributed by atoms with Crippen molar-refractivity contribution in [3.05, 3.63) is 179 Å². The van der Waals surface area contributed by atoms with Crippen LogP contribution in [0.4, 0.5) is 0 Å². The molecule has 0 unspecified atom stereocenters. The third-order valence-corrected chi connectivity index (χ3v) is 17.3. The Kier molecular flexibility index (Phi) is 28.1. The monoisotopic (exact) mass is 1050 g/mol. The van der Waals surface area contributed by atoms with Crippen molar-refractivity contribution in [3.8, 4) is 0 Å². The molecule has 0 fully saturated rings. The first kappa shape index (κ1) is 62.8. The van der Waals surface area contributed by atoms with Gasteiger partial charge in [0.15, 0.2) is 0 Å². The molecular formula is C54H60Na3O9PS3. The average molecular weight is 1050 g/mol. The van der Waals surface area contributed by atoms with Crippen LogP contribution >= 0.6 is 7.92 Å². The maximum atomic E-state index is 11.2. The van der Waals surface area contributed by atoms with E-state index < -0.39 is 38.3 Å². The maximum Gasteiger partial charge on any atom is 1.00 e. The quantitative estimate of drug-likeness (QED) is 0.0319. The van der Waals surface area contributed by atoms with Gasteiger partial charge in [-0.15, -0.1) is 0 Å². The summed E-state index contributed by atoms with van der Waals surface area (Å²) in [4.78, 5) is -0.567. The Morgan fingerprint density at radius 3 is 0.571 bits per heavy atom. The summed E-state index contributed by atoms with van der Waals surface area (Å²) < 4.78 is 101. The van der Waals surface area contributed by atoms with Gasteiger partial charge in [-0.25, -0.2) is 25.3 Å². The fraction of sp³-hybridized carbons (Fsp3) is 0.333. The van der Waals surface area contributed by atoms with E-state index in [9.17, 15) is 38.9 Å². The Morgan fingerprint density at radius 2 is 0.414 bits per heavy atom. The van der Waals surface area contributed by atoms with Gasteiger partial charge >= 0.3 is 88.7 Å². The number of aryl methyl sites for hydroxylation is 6. The van der Waals surface area contributed by atoms with Gasteiger partial charge in [-0.3, -0.25) is 0 Å². The molecule has 6 aromatic rings. The van der Waals surface area contributed by atoms with E-state index in [-0.39, 0.29) is 103 Å². The number of benzene rings is 6. The number of rotatable bonds is 27. The van der Waals surface area contributed by atoms with Crippen molar-refractivity contribution >= 4 is 54.2 Å². The van der Waals surface area contributed by atoms with E-state index in [0.29, 0.717) is 0 Å². The van der Waals surface area contributed by atoms with Crippen LogP contribution in [0.15, 0.2) is 160 Å². The number of hydrogen-bond acceptors (Lipinski definition) is 9. The van der Waals surface area contributed by atoms with Crippen molar-refractivity contribution in [2.24, 2.45) is 0 Å². The third kappa shape index (κ3) is 21.4. The van der Waals surface area contributed by atoms with Gasteiger partial charge in [-0.2, -0.15) is 0 Å². The normalized spacial score (nSPS) is 11.7. The average Bonchev–Trinajstić information content (AvgIpc) is 3.31. The molecule has 0 amide bonds. The Balaban J connectivity index is 0.00000432. The molecule has 0 heterocycles. The second-order valence-corrected chi connectivity index (χ2v) is 23.7. The maximum absolute atomic E-state index is 11.2. The van der Waals surface area contributed by atoms with Crippen LogP contribution in [0.1, 0.15) is 110 Å². The van der Waals surface area contributed by atoms with E-state index in [1.54, 1.807) is 36.4 Å². The van der Waals surface area contributed by atoms with Crippen LogP contribution in [0.2, 0.25) is 0 Å². The van der Waals surface area contributed by atoms with Crippen LogP contribution in [-0.2, 0) is 68.9 Å². The van der Waals surface area contributed by atoms with Crippen LogP contribution in [0.3, 0.4) is 0 Å². The molecule has 0 N–H and O–H groups in total. The van der Waals surface area contributed by atoms with Gasteiger partial charge in [-0.05, 0) is 171 Å². The molecular weight excluding hydrogens is 989 g/mol. The minimum atomic E-state index is -4.42. The predicted molar refractivity (Wildman–Crippen MR) is 266 cm³/mol. The molecule has 6 aromatic carbocycles. The zero-order valence-corrected chi connectivity index (χ0v) is 50.3. The van der Waals surface area contributed by atoms with E-state index in [4.69, 9.17) is 0 Å². The molecule has 0 aliphatic heterocycles. The molecule has 0 spiro atoms. The van der Waals surface area contributed by atoms with Gasteiger partial charge < -0.3 is 13.7 Å². The van der Waals surface area contributed by atoms with Crippen LogP contribution in [0, 0.1) is 0 Å². The predicted octanol–water partition coefficient (Wildman–Crippen LogP) is 1.21. The second kappa shape index (κ2) is 31.4. The summed E-state index contributed by atoms with van der Waals surface area (Å²) in [6.07, 6.45) is 18.3. The first-order valence-corrected chi connectivity index (χ1v) is 28.9. The van der Waals surface area contributed by atoms with Gasteiger partial charge in [0, 0.05) is 0 Å². The number of hydrogen-bond donors (Lipinski definition) is 0. The molecule has 9 nitrogen and oxygen atoms in total. The molecule has 6 rings (SSSR count). The van der Waals surface area contributed by atoms with Crippen LogP contribution in [-0.4, -0.2) is 38.9 Å². The van der Waals surface area contributed by atoms with Gasteiger partial charge in [-0.1, -0.05) is 148 Å². The number of unbranched alkanes of at least 4 members (excludes halogenated alkanes) is 9. The minimum Gasteiger partial charge on any atom is -0.744 e. The summed E-state index contributed by atoms with van der Waals surface area (Å²) in [5, 5.41) is 3.93. The third-order valence-electron chi connectivity index (χ3n) is 12.3. The van der Waals surface area contributed by atoms with Crippen molar-refractivity contribution < 1.29 is 128 Å². The molecule has 0 aromatic heterocycles. The standard InChI is InChI=1S/C54H63O9PS3.3Na/c55-65(56,57)52-37-25-46(26-38-52)16-10-4-1-7-13-43-19-31-49(32-20-43)64(50-33-21-44(22-34-50)14-8-2-5-11-17-47-27-39-53(40-28-47)66(58,59)60)51-35-23-45(24-36-51)15-9-3-6-12-18-48-29-41-54(42-30-48)67(61,62)63;;;/h19-42H,1-18H2,(H,55,56,57)(H,58,59,60)(H,61,62,63);;;/q;3*+1/p-3. The fourth-order valence-electron chi connectivity index (χ4n) is 8.39. The Bertz CT molecular complexity index is 2480. The van der Waals surface area contributed by atoms with Gasteiger partial charge in [0.25, 0.3) is 0 Å². The zero-order valence-electron chi connectivity index (χ0n) is 40.9. The molecule has 0 aliphatic carbocycles. The molecule has 356 valence electrons. The van der Waals surface area contributed by atoms with E-state index >= 15 is 0 Å². The summed E-state index contributed by atoms with van der Waals surface area (Å²) in [5.74, 6) is 0. The van der Waals surface area contributed by atoms with Crippen LogP contribution < -0.4 is 105 Å². The topological polar surface area (TPSA) is 172 Å². The Hall–Kier alpha value is -1.52. The SMILES string of the molecule is O=S(=O)([O-])c1ccc(CCCCCCc2ccc(P(c3ccc(CCCCCCc4ccc(S(=O)(=O)[O-])cc4)cc3)c3ccc(CCCCCCc4ccc(S(=O)(=O)[O-])cc4)cc3)cc2)cc1.[Na+].[Na+].[Na+]. The molecule has 70 heavy (non-hydrogen) atoms. The smallest absolute Gasteiger partial charge is 0.744 e. The van der Waals surface area contributed by atoms with Crippen LogP contribution in [0.25, 0.3) is 0 Å². The van der Waals surface area contributed by atoms with Crippen molar-refractivity contribution in [1.82, 2.24) is 0 Å². The first-order chi connectivity index (χ1) is 32.1. The van der Waals surface area contributed by atoms with Gasteiger partial charge in [0.05, 0.1) is 14.7 Å². The molecule has 16 heteroatoms. The first-order valence-electron chi connectivity index (χ1n) is 23.3. The zero-order chi connectivity index (χ0) is 47.7. The van der Waals surface area contributed by atoms with E-state index in [0.717, 1.165) is 132 Å². The van der Waals surface area contributed by atoms with Gasteiger partial charge in [0.1, 0.15) is 30.4 Å². The fourth-order valence-corrected chi connectivity index (χ4v) is 12.0. The summed E-state index contributed by atoms with van der Waals surface area (Å²) in [7, 11) is -14.1. The van der Waals surface area contributed by atoms with Crippen molar-refractivity contribution in [2.75, 3.05) is 0 Å².